The molecule has 5 heteroatoms. The topological polar surface area (TPSA) is 46.4 Å². The fourth-order valence-corrected chi connectivity index (χ4v) is 5.10. The molecule has 1 heterocycles. The van der Waals surface area contributed by atoms with E-state index < -0.39 is 10.0 Å². The average molecular weight is 391 g/mol. The van der Waals surface area contributed by atoms with Crippen LogP contribution in [0.3, 0.4) is 0 Å². The van der Waals surface area contributed by atoms with Gasteiger partial charge in [-0.3, -0.25) is 0 Å². The van der Waals surface area contributed by atoms with E-state index in [4.69, 9.17) is 4.74 Å². The number of hydrogen-bond donors (Lipinski definition) is 0. The first-order chi connectivity index (χ1) is 13.6. The van der Waals surface area contributed by atoms with Gasteiger partial charge in [0.1, 0.15) is 5.75 Å². The summed E-state index contributed by atoms with van der Waals surface area (Å²) < 4.78 is 33.2. The summed E-state index contributed by atoms with van der Waals surface area (Å²) in [4.78, 5) is 0.309. The van der Waals surface area contributed by atoms with Gasteiger partial charge in [0.25, 0.3) is 0 Å². The summed E-state index contributed by atoms with van der Waals surface area (Å²) in [5, 5.41) is 0. The minimum Gasteiger partial charge on any atom is -0.497 e. The maximum absolute atomic E-state index is 13.2. The molecule has 0 radical (unpaired) electrons. The van der Waals surface area contributed by atoms with Crippen molar-refractivity contribution in [2.45, 2.75) is 17.0 Å². The molecule has 0 spiro atoms. The molecule has 0 saturated carbocycles. The lowest BCUT2D eigenvalue weighted by molar-refractivity contribution is 0.414. The fourth-order valence-electron chi connectivity index (χ4n) is 3.36. The van der Waals surface area contributed by atoms with Crippen molar-refractivity contribution in [2.24, 2.45) is 0 Å². The molecular weight excluding hydrogens is 370 g/mol. The van der Waals surface area contributed by atoms with Crippen LogP contribution in [0.2, 0.25) is 0 Å². The molecule has 1 saturated heterocycles. The predicted octanol–water partition coefficient (Wildman–Crippen LogP) is 4.52. The standard InChI is InChI=1S/C23H21NO3S/c1-27-20-15-13-19(14-16-20)23-22(17-12-18-8-4-2-5-9-18)24(23)28(25,26)21-10-6-3-7-11-21/h2-17,22-23H,1H3/b17-12+. The molecule has 4 nitrogen and oxygen atoms in total. The van der Waals surface area contributed by atoms with Crippen molar-refractivity contribution < 1.29 is 13.2 Å². The van der Waals surface area contributed by atoms with E-state index in [0.717, 1.165) is 16.9 Å². The Morgan fingerprint density at radius 2 is 1.46 bits per heavy atom. The van der Waals surface area contributed by atoms with Gasteiger partial charge < -0.3 is 4.74 Å². The molecule has 0 amide bonds. The molecular formula is C23H21NO3S. The normalized spacial score (nSPS) is 21.5. The molecule has 142 valence electrons. The Balaban J connectivity index is 1.67. The van der Waals surface area contributed by atoms with Gasteiger partial charge >= 0.3 is 0 Å². The summed E-state index contributed by atoms with van der Waals surface area (Å²) in [6.45, 7) is 0. The number of nitrogens with zero attached hydrogens (tertiary/aromatic N) is 1. The number of sulfonamides is 1. The van der Waals surface area contributed by atoms with E-state index in [0.29, 0.717) is 4.90 Å². The minimum atomic E-state index is -3.58. The van der Waals surface area contributed by atoms with Crippen molar-refractivity contribution in [1.82, 2.24) is 4.31 Å². The third-order valence-corrected chi connectivity index (χ3v) is 6.76. The van der Waals surface area contributed by atoms with Crippen LogP contribution >= 0.6 is 0 Å². The monoisotopic (exact) mass is 391 g/mol. The lowest BCUT2D eigenvalue weighted by Crippen LogP contribution is -2.14. The van der Waals surface area contributed by atoms with Crippen LogP contribution in [0.4, 0.5) is 0 Å². The number of methoxy groups -OCH3 is 1. The first kappa shape index (κ1) is 18.5. The van der Waals surface area contributed by atoms with E-state index >= 15 is 0 Å². The number of benzene rings is 3. The summed E-state index contributed by atoms with van der Waals surface area (Å²) in [5.74, 6) is 0.748. The van der Waals surface area contributed by atoms with E-state index in [2.05, 4.69) is 0 Å². The minimum absolute atomic E-state index is 0.223. The Bertz CT molecular complexity index is 1060. The van der Waals surface area contributed by atoms with Crippen LogP contribution in [0.15, 0.2) is 95.9 Å². The first-order valence-electron chi connectivity index (χ1n) is 9.07. The summed E-state index contributed by atoms with van der Waals surface area (Å²) in [7, 11) is -1.97. The number of ether oxygens (including phenoxy) is 1. The summed E-state index contributed by atoms with van der Waals surface area (Å²) in [6.07, 6.45) is 3.94. The molecule has 1 aliphatic heterocycles. The predicted molar refractivity (Wildman–Crippen MR) is 110 cm³/mol. The maximum Gasteiger partial charge on any atom is 0.244 e. The second kappa shape index (κ2) is 7.62. The number of hydrogen-bond acceptors (Lipinski definition) is 3. The van der Waals surface area contributed by atoms with Crippen LogP contribution in [0, 0.1) is 0 Å². The van der Waals surface area contributed by atoms with Crippen LogP contribution in [-0.2, 0) is 10.0 Å². The molecule has 0 bridgehead atoms. The highest BCUT2D eigenvalue weighted by atomic mass is 32.2. The molecule has 4 rings (SSSR count). The highest BCUT2D eigenvalue weighted by Crippen LogP contribution is 2.48. The Labute approximate surface area is 165 Å². The molecule has 0 N–H and O–H groups in total. The van der Waals surface area contributed by atoms with Crippen LogP contribution in [0.1, 0.15) is 17.2 Å². The van der Waals surface area contributed by atoms with E-state index in [-0.39, 0.29) is 12.1 Å². The van der Waals surface area contributed by atoms with E-state index in [1.54, 1.807) is 35.7 Å². The van der Waals surface area contributed by atoms with Crippen molar-refractivity contribution in [3.05, 3.63) is 102 Å². The molecule has 3 unspecified atom stereocenters. The highest BCUT2D eigenvalue weighted by molar-refractivity contribution is 7.89. The average Bonchev–Trinajstić information content (AvgIpc) is 3.49. The first-order valence-corrected chi connectivity index (χ1v) is 10.5. The van der Waals surface area contributed by atoms with E-state index in [1.165, 1.54) is 0 Å². The van der Waals surface area contributed by atoms with Gasteiger partial charge in [-0.15, -0.1) is 0 Å². The zero-order chi connectivity index (χ0) is 19.6. The molecule has 3 aromatic carbocycles. The highest BCUT2D eigenvalue weighted by Gasteiger charge is 2.54. The lowest BCUT2D eigenvalue weighted by Gasteiger charge is -2.07. The van der Waals surface area contributed by atoms with Gasteiger partial charge in [-0.05, 0) is 35.4 Å². The Morgan fingerprint density at radius 1 is 0.857 bits per heavy atom. The van der Waals surface area contributed by atoms with Gasteiger partial charge in [-0.1, -0.05) is 72.8 Å². The largest absolute Gasteiger partial charge is 0.497 e. The van der Waals surface area contributed by atoms with Crippen molar-refractivity contribution in [2.75, 3.05) is 7.11 Å². The molecule has 3 aromatic rings. The van der Waals surface area contributed by atoms with Crippen molar-refractivity contribution in [1.29, 1.82) is 0 Å². The zero-order valence-electron chi connectivity index (χ0n) is 15.5. The van der Waals surface area contributed by atoms with Crippen molar-refractivity contribution in [3.63, 3.8) is 0 Å². The van der Waals surface area contributed by atoms with Crippen LogP contribution < -0.4 is 4.74 Å². The fraction of sp³-hybridized carbons (Fsp3) is 0.130. The van der Waals surface area contributed by atoms with Crippen LogP contribution in [0.5, 0.6) is 5.75 Å². The molecule has 3 atom stereocenters. The van der Waals surface area contributed by atoms with Crippen molar-refractivity contribution >= 4 is 16.1 Å². The molecule has 1 fully saturated rings. The SMILES string of the molecule is COc1ccc(C2C(/C=C/c3ccccc3)N2S(=O)(=O)c2ccccc2)cc1. The van der Waals surface area contributed by atoms with Gasteiger partial charge in [0.15, 0.2) is 0 Å². The second-order valence-corrected chi connectivity index (χ2v) is 8.47. The zero-order valence-corrected chi connectivity index (χ0v) is 16.3. The summed E-state index contributed by atoms with van der Waals surface area (Å²) in [6, 6.07) is 25.6. The Kier molecular flexibility index (Phi) is 5.03. The van der Waals surface area contributed by atoms with Crippen LogP contribution in [0.25, 0.3) is 6.08 Å². The van der Waals surface area contributed by atoms with Crippen LogP contribution in [-0.4, -0.2) is 25.9 Å². The van der Waals surface area contributed by atoms with E-state index in [1.807, 2.05) is 72.8 Å². The van der Waals surface area contributed by atoms with E-state index in [9.17, 15) is 8.42 Å². The smallest absolute Gasteiger partial charge is 0.244 e. The molecule has 28 heavy (non-hydrogen) atoms. The Hall–Kier alpha value is -2.89. The van der Waals surface area contributed by atoms with Gasteiger partial charge in [0, 0.05) is 0 Å². The Morgan fingerprint density at radius 3 is 2.07 bits per heavy atom. The molecule has 0 aliphatic carbocycles. The third-order valence-electron chi connectivity index (χ3n) is 4.86. The summed E-state index contributed by atoms with van der Waals surface area (Å²) in [5.41, 5.74) is 1.99. The van der Waals surface area contributed by atoms with Gasteiger partial charge in [-0.2, -0.15) is 4.31 Å². The number of rotatable bonds is 6. The van der Waals surface area contributed by atoms with Gasteiger partial charge in [0.2, 0.25) is 10.0 Å². The quantitative estimate of drug-likeness (QED) is 0.580. The maximum atomic E-state index is 13.2. The van der Waals surface area contributed by atoms with Gasteiger partial charge in [-0.25, -0.2) is 8.42 Å². The van der Waals surface area contributed by atoms with Crippen molar-refractivity contribution in [3.8, 4) is 5.75 Å². The summed E-state index contributed by atoms with van der Waals surface area (Å²) >= 11 is 0. The molecule has 1 aliphatic rings. The molecule has 0 aromatic heterocycles. The van der Waals surface area contributed by atoms with Gasteiger partial charge in [0.05, 0.1) is 24.1 Å². The lowest BCUT2D eigenvalue weighted by atomic mass is 10.1. The second-order valence-electron chi connectivity index (χ2n) is 6.63. The third kappa shape index (κ3) is 3.59.